The van der Waals surface area contributed by atoms with Crippen LogP contribution in [0.2, 0.25) is 0 Å². The number of carbonyl (C=O) groups is 1. The highest BCUT2D eigenvalue weighted by molar-refractivity contribution is 5.87. The van der Waals surface area contributed by atoms with E-state index in [9.17, 15) is 4.79 Å². The predicted molar refractivity (Wildman–Crippen MR) is 59.4 cm³/mol. The first kappa shape index (κ1) is 11.5. The Kier molecular flexibility index (Phi) is 3.66. The molecule has 1 aromatic heterocycles. The highest BCUT2D eigenvalue weighted by atomic mass is 16.1. The molecular formula is C11H17N3O. The Morgan fingerprint density at radius 2 is 2.47 bits per heavy atom. The van der Waals surface area contributed by atoms with E-state index in [1.165, 1.54) is 6.08 Å². The molecule has 0 spiro atoms. The minimum absolute atomic E-state index is 0.0448. The molecule has 0 saturated heterocycles. The van der Waals surface area contributed by atoms with Crippen molar-refractivity contribution in [3.8, 4) is 0 Å². The van der Waals surface area contributed by atoms with E-state index < -0.39 is 0 Å². The van der Waals surface area contributed by atoms with E-state index in [0.29, 0.717) is 0 Å². The second-order valence-corrected chi connectivity index (χ2v) is 3.46. The van der Waals surface area contributed by atoms with Crippen LogP contribution in [0, 0.1) is 6.92 Å². The monoisotopic (exact) mass is 207 g/mol. The number of carbonyl (C=O) groups excluding carboxylic acids is 1. The van der Waals surface area contributed by atoms with Gasteiger partial charge in [0.1, 0.15) is 0 Å². The average Bonchev–Trinajstić information content (AvgIpc) is 2.59. The number of hydrogen-bond acceptors (Lipinski definition) is 2. The third kappa shape index (κ3) is 2.68. The van der Waals surface area contributed by atoms with Gasteiger partial charge in [0.25, 0.3) is 0 Å². The zero-order valence-electron chi connectivity index (χ0n) is 9.45. The third-order valence-electron chi connectivity index (χ3n) is 2.22. The fraction of sp³-hybridized carbons (Fsp3) is 0.455. The normalized spacial score (nSPS) is 12.2. The fourth-order valence-electron chi connectivity index (χ4n) is 1.51. The van der Waals surface area contributed by atoms with Crippen molar-refractivity contribution in [1.29, 1.82) is 0 Å². The van der Waals surface area contributed by atoms with Gasteiger partial charge in [0.05, 0.1) is 17.4 Å². The number of nitrogens with zero attached hydrogens (tertiary/aromatic N) is 2. The minimum atomic E-state index is -0.163. The topological polar surface area (TPSA) is 46.9 Å². The van der Waals surface area contributed by atoms with Gasteiger partial charge < -0.3 is 5.32 Å². The van der Waals surface area contributed by atoms with Gasteiger partial charge in [-0.05, 0) is 32.9 Å². The van der Waals surface area contributed by atoms with Crippen LogP contribution >= 0.6 is 0 Å². The fourth-order valence-corrected chi connectivity index (χ4v) is 1.51. The smallest absolute Gasteiger partial charge is 0.243 e. The summed E-state index contributed by atoms with van der Waals surface area (Å²) < 4.78 is 1.89. The molecule has 0 aromatic carbocycles. The molecule has 1 heterocycles. The number of aryl methyl sites for hydroxylation is 2. The summed E-state index contributed by atoms with van der Waals surface area (Å²) in [7, 11) is 0. The lowest BCUT2D eigenvalue weighted by atomic mass is 10.2. The zero-order valence-corrected chi connectivity index (χ0v) is 9.45. The van der Waals surface area contributed by atoms with Crippen molar-refractivity contribution in [2.24, 2.45) is 0 Å². The molecule has 0 aliphatic carbocycles. The van der Waals surface area contributed by atoms with E-state index in [0.717, 1.165) is 17.9 Å². The van der Waals surface area contributed by atoms with Crippen molar-refractivity contribution in [2.75, 3.05) is 0 Å². The summed E-state index contributed by atoms with van der Waals surface area (Å²) in [4.78, 5) is 11.1. The van der Waals surface area contributed by atoms with Crippen LogP contribution in [-0.4, -0.2) is 15.7 Å². The molecule has 4 heteroatoms. The summed E-state index contributed by atoms with van der Waals surface area (Å²) >= 11 is 0. The van der Waals surface area contributed by atoms with Crippen molar-refractivity contribution in [2.45, 2.75) is 33.4 Å². The highest BCUT2D eigenvalue weighted by Crippen LogP contribution is 2.13. The van der Waals surface area contributed by atoms with Gasteiger partial charge in [-0.15, -0.1) is 0 Å². The molecule has 82 valence electrons. The second-order valence-electron chi connectivity index (χ2n) is 3.46. The van der Waals surface area contributed by atoms with E-state index in [-0.39, 0.29) is 11.9 Å². The maximum atomic E-state index is 11.1. The quantitative estimate of drug-likeness (QED) is 0.762. The third-order valence-corrected chi connectivity index (χ3v) is 2.22. The Labute approximate surface area is 90.0 Å². The molecule has 1 aromatic rings. The van der Waals surface area contributed by atoms with E-state index in [1.54, 1.807) is 0 Å². The minimum Gasteiger partial charge on any atom is -0.344 e. The Hall–Kier alpha value is -1.58. The molecule has 0 bridgehead atoms. The molecule has 0 fully saturated rings. The first-order valence-electron chi connectivity index (χ1n) is 5.05. The van der Waals surface area contributed by atoms with Crippen LogP contribution in [0.3, 0.4) is 0 Å². The van der Waals surface area contributed by atoms with Crippen LogP contribution in [0.25, 0.3) is 0 Å². The lowest BCUT2D eigenvalue weighted by Crippen LogP contribution is -2.26. The molecular weight excluding hydrogens is 190 g/mol. The summed E-state index contributed by atoms with van der Waals surface area (Å²) in [6.07, 6.45) is 1.27. The van der Waals surface area contributed by atoms with Gasteiger partial charge in [0, 0.05) is 6.54 Å². The van der Waals surface area contributed by atoms with Gasteiger partial charge in [-0.1, -0.05) is 6.58 Å². The maximum absolute atomic E-state index is 11.1. The molecule has 1 atom stereocenters. The van der Waals surface area contributed by atoms with Crippen molar-refractivity contribution in [3.63, 3.8) is 0 Å². The molecule has 0 aliphatic heterocycles. The van der Waals surface area contributed by atoms with Crippen molar-refractivity contribution < 1.29 is 4.79 Å². The van der Waals surface area contributed by atoms with Crippen molar-refractivity contribution in [1.82, 2.24) is 15.1 Å². The first-order chi connectivity index (χ1) is 7.08. The Morgan fingerprint density at radius 3 is 3.00 bits per heavy atom. The van der Waals surface area contributed by atoms with Gasteiger partial charge >= 0.3 is 0 Å². The molecule has 0 aliphatic rings. The molecule has 0 radical (unpaired) electrons. The lowest BCUT2D eigenvalue weighted by molar-refractivity contribution is -0.117. The average molecular weight is 207 g/mol. The molecule has 1 unspecified atom stereocenters. The standard InChI is InChI=1S/C11H17N3O/c1-5-11(15)12-9(4)10-7-8(3)13-14(10)6-2/h5,7,9H,1,6H2,2-4H3,(H,12,15). The molecule has 15 heavy (non-hydrogen) atoms. The van der Waals surface area contributed by atoms with Crippen LogP contribution < -0.4 is 5.32 Å². The summed E-state index contributed by atoms with van der Waals surface area (Å²) in [5.74, 6) is -0.163. The number of rotatable bonds is 4. The number of hydrogen-bond donors (Lipinski definition) is 1. The van der Waals surface area contributed by atoms with Crippen LogP contribution in [0.4, 0.5) is 0 Å². The summed E-state index contributed by atoms with van der Waals surface area (Å²) in [6.45, 7) is 10.1. The number of amides is 1. The van der Waals surface area contributed by atoms with E-state index >= 15 is 0 Å². The molecule has 4 nitrogen and oxygen atoms in total. The lowest BCUT2D eigenvalue weighted by Gasteiger charge is -2.13. The zero-order chi connectivity index (χ0) is 11.4. The van der Waals surface area contributed by atoms with Crippen LogP contribution in [0.1, 0.15) is 31.3 Å². The van der Waals surface area contributed by atoms with Crippen molar-refractivity contribution in [3.05, 3.63) is 30.1 Å². The predicted octanol–water partition coefficient (Wildman–Crippen LogP) is 1.57. The van der Waals surface area contributed by atoms with Gasteiger partial charge in [-0.25, -0.2) is 0 Å². The number of nitrogens with one attached hydrogen (secondary N) is 1. The Morgan fingerprint density at radius 1 is 1.80 bits per heavy atom. The van der Waals surface area contributed by atoms with E-state index in [4.69, 9.17) is 0 Å². The van der Waals surface area contributed by atoms with E-state index in [1.807, 2.05) is 31.5 Å². The molecule has 0 saturated carbocycles. The van der Waals surface area contributed by atoms with Crippen molar-refractivity contribution >= 4 is 5.91 Å². The van der Waals surface area contributed by atoms with Gasteiger partial charge in [0.15, 0.2) is 0 Å². The van der Waals surface area contributed by atoms with Crippen LogP contribution in [0.5, 0.6) is 0 Å². The molecule has 1 N–H and O–H groups in total. The largest absolute Gasteiger partial charge is 0.344 e. The second kappa shape index (κ2) is 4.77. The maximum Gasteiger partial charge on any atom is 0.243 e. The number of aromatic nitrogens is 2. The Bertz CT molecular complexity index is 368. The summed E-state index contributed by atoms with van der Waals surface area (Å²) in [5.41, 5.74) is 1.98. The SMILES string of the molecule is C=CC(=O)NC(C)c1cc(C)nn1CC. The molecule has 1 amide bonds. The van der Waals surface area contributed by atoms with Gasteiger partial charge in [0.2, 0.25) is 5.91 Å². The van der Waals surface area contributed by atoms with Gasteiger partial charge in [-0.3, -0.25) is 9.48 Å². The van der Waals surface area contributed by atoms with Crippen LogP contribution in [0.15, 0.2) is 18.7 Å². The summed E-state index contributed by atoms with van der Waals surface area (Å²) in [5, 5.41) is 7.14. The molecule has 1 rings (SSSR count). The Balaban J connectivity index is 2.84. The first-order valence-corrected chi connectivity index (χ1v) is 5.05. The summed E-state index contributed by atoms with van der Waals surface area (Å²) in [6, 6.07) is 1.94. The highest BCUT2D eigenvalue weighted by Gasteiger charge is 2.13. The van der Waals surface area contributed by atoms with Crippen LogP contribution in [-0.2, 0) is 11.3 Å². The van der Waals surface area contributed by atoms with Gasteiger partial charge in [-0.2, -0.15) is 5.10 Å². The van der Waals surface area contributed by atoms with E-state index in [2.05, 4.69) is 17.0 Å².